The fourth-order valence-electron chi connectivity index (χ4n) is 1.67. The fourth-order valence-corrected chi connectivity index (χ4v) is 1.67. The largest absolute Gasteiger partial charge is 0.370 e. The Hall–Kier alpha value is -1.89. The first-order chi connectivity index (χ1) is 9.52. The van der Waals surface area contributed by atoms with Crippen LogP contribution >= 0.6 is 0 Å². The quantitative estimate of drug-likeness (QED) is 0.410. The summed E-state index contributed by atoms with van der Waals surface area (Å²) < 4.78 is 0. The number of aromatic nitrogens is 1. The number of nitrogens with one attached hydrogen (secondary N) is 2. The van der Waals surface area contributed by atoms with Crippen molar-refractivity contribution in [3.05, 3.63) is 22.2 Å². The van der Waals surface area contributed by atoms with E-state index in [4.69, 9.17) is 0 Å². The molecule has 1 aromatic heterocycles. The predicted molar refractivity (Wildman–Crippen MR) is 81.3 cm³/mol. The molecular weight excluding hydrogens is 258 g/mol. The first kappa shape index (κ1) is 16.2. The third-order valence-electron chi connectivity index (χ3n) is 2.67. The van der Waals surface area contributed by atoms with Crippen LogP contribution in [0, 0.1) is 10.1 Å². The molecule has 0 aromatic carbocycles. The van der Waals surface area contributed by atoms with Gasteiger partial charge in [0.15, 0.2) is 0 Å². The summed E-state index contributed by atoms with van der Waals surface area (Å²) in [6.45, 7) is 4.47. The highest BCUT2D eigenvalue weighted by molar-refractivity contribution is 5.54. The summed E-state index contributed by atoms with van der Waals surface area (Å²) in [7, 11) is 4.02. The zero-order valence-electron chi connectivity index (χ0n) is 12.3. The number of hydrogen-bond acceptors (Lipinski definition) is 6. The van der Waals surface area contributed by atoms with Crippen LogP contribution in [0.4, 0.5) is 17.3 Å². The first-order valence-corrected chi connectivity index (χ1v) is 6.82. The van der Waals surface area contributed by atoms with Gasteiger partial charge in [-0.25, -0.2) is 4.98 Å². The van der Waals surface area contributed by atoms with Gasteiger partial charge in [0, 0.05) is 13.1 Å². The van der Waals surface area contributed by atoms with Crippen molar-refractivity contribution in [3.63, 3.8) is 0 Å². The zero-order chi connectivity index (χ0) is 15.0. The van der Waals surface area contributed by atoms with Gasteiger partial charge in [-0.2, -0.15) is 0 Å². The lowest BCUT2D eigenvalue weighted by Gasteiger charge is -2.11. The van der Waals surface area contributed by atoms with E-state index in [9.17, 15) is 10.1 Å². The van der Waals surface area contributed by atoms with Gasteiger partial charge in [-0.15, -0.1) is 0 Å². The van der Waals surface area contributed by atoms with Gasteiger partial charge in [-0.05, 0) is 33.5 Å². The number of nitrogens with zero attached hydrogens (tertiary/aromatic N) is 3. The molecule has 0 bridgehead atoms. The van der Waals surface area contributed by atoms with Crippen LogP contribution in [0.15, 0.2) is 12.1 Å². The minimum absolute atomic E-state index is 0.0497. The minimum Gasteiger partial charge on any atom is -0.370 e. The molecule has 7 nitrogen and oxygen atoms in total. The Labute approximate surface area is 119 Å². The molecule has 0 amide bonds. The van der Waals surface area contributed by atoms with Gasteiger partial charge in [0.25, 0.3) is 5.69 Å². The number of pyridine rings is 1. The van der Waals surface area contributed by atoms with Crippen LogP contribution in [0.2, 0.25) is 0 Å². The molecular formula is C13H23N5O2. The third kappa shape index (κ3) is 5.83. The van der Waals surface area contributed by atoms with Gasteiger partial charge < -0.3 is 15.5 Å². The SMILES string of the molecule is CCCNc1cc([N+](=O)[O-])cc(NCCCN(C)C)n1. The maximum Gasteiger partial charge on any atom is 0.276 e. The Morgan fingerprint density at radius 1 is 1.25 bits per heavy atom. The van der Waals surface area contributed by atoms with Gasteiger partial charge >= 0.3 is 0 Å². The predicted octanol–water partition coefficient (Wildman–Crippen LogP) is 2.18. The average molecular weight is 281 g/mol. The van der Waals surface area contributed by atoms with E-state index in [1.807, 2.05) is 21.0 Å². The van der Waals surface area contributed by atoms with Crippen molar-refractivity contribution < 1.29 is 4.92 Å². The van der Waals surface area contributed by atoms with Crippen LogP contribution in [0.25, 0.3) is 0 Å². The van der Waals surface area contributed by atoms with E-state index in [1.165, 1.54) is 12.1 Å². The van der Waals surface area contributed by atoms with E-state index in [0.717, 1.165) is 32.5 Å². The Balaban J connectivity index is 2.67. The van der Waals surface area contributed by atoms with Gasteiger partial charge in [0.05, 0.1) is 17.1 Å². The molecule has 0 fully saturated rings. The van der Waals surface area contributed by atoms with Gasteiger partial charge in [0.2, 0.25) is 0 Å². The van der Waals surface area contributed by atoms with Gasteiger partial charge in [-0.3, -0.25) is 10.1 Å². The van der Waals surface area contributed by atoms with Crippen LogP contribution in [0.3, 0.4) is 0 Å². The summed E-state index contributed by atoms with van der Waals surface area (Å²) in [6, 6.07) is 2.92. The Kier molecular flexibility index (Phi) is 6.72. The summed E-state index contributed by atoms with van der Waals surface area (Å²) in [5, 5.41) is 17.1. The number of anilines is 2. The second-order valence-corrected chi connectivity index (χ2v) is 4.86. The minimum atomic E-state index is -0.399. The maximum atomic E-state index is 10.9. The lowest BCUT2D eigenvalue weighted by Crippen LogP contribution is -2.16. The molecule has 1 rings (SSSR count). The van der Waals surface area contributed by atoms with Crippen molar-refractivity contribution in [2.24, 2.45) is 0 Å². The molecule has 0 atom stereocenters. The van der Waals surface area contributed by atoms with E-state index < -0.39 is 4.92 Å². The van der Waals surface area contributed by atoms with Gasteiger partial charge in [-0.1, -0.05) is 6.92 Å². The maximum absolute atomic E-state index is 10.9. The normalized spacial score (nSPS) is 10.6. The molecule has 1 aromatic rings. The fraction of sp³-hybridized carbons (Fsp3) is 0.615. The molecule has 20 heavy (non-hydrogen) atoms. The molecule has 0 radical (unpaired) electrons. The standard InChI is InChI=1S/C13H23N5O2/c1-4-6-14-12-9-11(18(19)20)10-13(16-12)15-7-5-8-17(2)3/h9-10H,4-8H2,1-3H3,(H2,14,15,16). The zero-order valence-corrected chi connectivity index (χ0v) is 12.3. The summed E-state index contributed by atoms with van der Waals surface area (Å²) in [6.07, 6.45) is 1.89. The molecule has 0 aliphatic carbocycles. The van der Waals surface area contributed by atoms with E-state index in [2.05, 4.69) is 20.5 Å². The van der Waals surface area contributed by atoms with E-state index in [-0.39, 0.29) is 5.69 Å². The van der Waals surface area contributed by atoms with Crippen LogP contribution in [-0.4, -0.2) is 48.5 Å². The van der Waals surface area contributed by atoms with Crippen molar-refractivity contribution >= 4 is 17.3 Å². The monoisotopic (exact) mass is 281 g/mol. The molecule has 0 unspecified atom stereocenters. The molecule has 0 saturated carbocycles. The topological polar surface area (TPSA) is 83.3 Å². The van der Waals surface area contributed by atoms with Crippen LogP contribution in [0.5, 0.6) is 0 Å². The number of nitro groups is 1. The van der Waals surface area contributed by atoms with Crippen LogP contribution < -0.4 is 10.6 Å². The average Bonchev–Trinajstić information content (AvgIpc) is 2.41. The second kappa shape index (κ2) is 8.31. The summed E-state index contributed by atoms with van der Waals surface area (Å²) >= 11 is 0. The van der Waals surface area contributed by atoms with Crippen molar-refractivity contribution in [3.8, 4) is 0 Å². The van der Waals surface area contributed by atoms with Crippen molar-refractivity contribution in [2.45, 2.75) is 19.8 Å². The second-order valence-electron chi connectivity index (χ2n) is 4.86. The summed E-state index contributed by atoms with van der Waals surface area (Å²) in [4.78, 5) is 16.9. The van der Waals surface area contributed by atoms with Crippen molar-refractivity contribution in [2.75, 3.05) is 44.4 Å². The van der Waals surface area contributed by atoms with E-state index in [0.29, 0.717) is 11.6 Å². The summed E-state index contributed by atoms with van der Waals surface area (Å²) in [5.74, 6) is 1.08. The highest BCUT2D eigenvalue weighted by Crippen LogP contribution is 2.20. The van der Waals surface area contributed by atoms with E-state index >= 15 is 0 Å². The molecule has 7 heteroatoms. The lowest BCUT2D eigenvalue weighted by atomic mass is 10.3. The molecule has 0 spiro atoms. The Bertz CT molecular complexity index is 437. The number of hydrogen-bond donors (Lipinski definition) is 2. The highest BCUT2D eigenvalue weighted by atomic mass is 16.6. The van der Waals surface area contributed by atoms with Gasteiger partial charge in [0.1, 0.15) is 11.6 Å². The summed E-state index contributed by atoms with van der Waals surface area (Å²) in [5.41, 5.74) is 0.0497. The third-order valence-corrected chi connectivity index (χ3v) is 2.67. The molecule has 2 N–H and O–H groups in total. The molecule has 0 aliphatic heterocycles. The van der Waals surface area contributed by atoms with Crippen molar-refractivity contribution in [1.29, 1.82) is 0 Å². The molecule has 0 aliphatic rings. The first-order valence-electron chi connectivity index (χ1n) is 6.82. The lowest BCUT2D eigenvalue weighted by molar-refractivity contribution is -0.384. The van der Waals surface area contributed by atoms with Crippen LogP contribution in [-0.2, 0) is 0 Å². The van der Waals surface area contributed by atoms with E-state index in [1.54, 1.807) is 0 Å². The highest BCUT2D eigenvalue weighted by Gasteiger charge is 2.10. The Morgan fingerprint density at radius 3 is 2.35 bits per heavy atom. The molecule has 1 heterocycles. The smallest absolute Gasteiger partial charge is 0.276 e. The molecule has 112 valence electrons. The Morgan fingerprint density at radius 2 is 1.85 bits per heavy atom. The van der Waals surface area contributed by atoms with Crippen LogP contribution in [0.1, 0.15) is 19.8 Å². The van der Waals surface area contributed by atoms with Crippen molar-refractivity contribution in [1.82, 2.24) is 9.88 Å². The number of rotatable bonds is 9. The molecule has 0 saturated heterocycles.